The molecule has 0 amide bonds. The fourth-order valence-electron chi connectivity index (χ4n) is 1.77. The van der Waals surface area contributed by atoms with Gasteiger partial charge in [-0.25, -0.2) is 8.78 Å². The molecule has 0 aliphatic rings. The van der Waals surface area contributed by atoms with Crippen molar-refractivity contribution < 1.29 is 13.9 Å². The van der Waals surface area contributed by atoms with Crippen LogP contribution in [-0.2, 0) is 6.54 Å². The minimum absolute atomic E-state index is 0.0500. The highest BCUT2D eigenvalue weighted by Crippen LogP contribution is 2.19. The van der Waals surface area contributed by atoms with Crippen molar-refractivity contribution in [1.82, 2.24) is 10.3 Å². The van der Waals surface area contributed by atoms with E-state index in [2.05, 4.69) is 10.3 Å². The average Bonchev–Trinajstić information content (AvgIpc) is 2.40. The fraction of sp³-hybridized carbons (Fsp3) is 0.214. The summed E-state index contributed by atoms with van der Waals surface area (Å²) < 4.78 is 26.8. The Morgan fingerprint density at radius 1 is 1.11 bits per heavy atom. The van der Waals surface area contributed by atoms with Gasteiger partial charge in [-0.05, 0) is 24.3 Å². The van der Waals surface area contributed by atoms with E-state index in [4.69, 9.17) is 0 Å². The summed E-state index contributed by atoms with van der Waals surface area (Å²) in [6.45, 7) is 0.475. The molecule has 3 nitrogen and oxygen atoms in total. The topological polar surface area (TPSA) is 45.1 Å². The maximum atomic E-state index is 13.4. The minimum Gasteiger partial charge on any atom is -0.387 e. The van der Waals surface area contributed by atoms with Crippen LogP contribution in [0, 0.1) is 11.6 Å². The van der Waals surface area contributed by atoms with Gasteiger partial charge in [-0.1, -0.05) is 12.1 Å². The van der Waals surface area contributed by atoms with Gasteiger partial charge in [0.2, 0.25) is 0 Å². The molecule has 0 radical (unpaired) electrons. The summed E-state index contributed by atoms with van der Waals surface area (Å²) in [6, 6.07) is 8.98. The lowest BCUT2D eigenvalue weighted by molar-refractivity contribution is 0.164. The van der Waals surface area contributed by atoms with E-state index in [1.807, 2.05) is 12.1 Å². The molecule has 1 heterocycles. The molecule has 5 heteroatoms. The monoisotopic (exact) mass is 264 g/mol. The second-order valence-corrected chi connectivity index (χ2v) is 4.10. The van der Waals surface area contributed by atoms with Crippen LogP contribution < -0.4 is 5.32 Å². The molecule has 0 spiro atoms. The molecule has 19 heavy (non-hydrogen) atoms. The van der Waals surface area contributed by atoms with E-state index in [0.717, 1.165) is 17.8 Å². The number of nitrogens with one attached hydrogen (secondary N) is 1. The van der Waals surface area contributed by atoms with Gasteiger partial charge < -0.3 is 10.4 Å². The van der Waals surface area contributed by atoms with Crippen LogP contribution in [0.1, 0.15) is 17.4 Å². The highest BCUT2D eigenvalue weighted by atomic mass is 19.1. The summed E-state index contributed by atoms with van der Waals surface area (Å²) in [4.78, 5) is 4.09. The number of hydrogen-bond donors (Lipinski definition) is 2. The Bertz CT molecular complexity index is 514. The number of pyridine rings is 1. The summed E-state index contributed by atoms with van der Waals surface area (Å²) >= 11 is 0. The van der Waals surface area contributed by atoms with Crippen LogP contribution in [0.2, 0.25) is 0 Å². The zero-order valence-electron chi connectivity index (χ0n) is 10.2. The van der Waals surface area contributed by atoms with Gasteiger partial charge in [0, 0.05) is 19.3 Å². The second-order valence-electron chi connectivity index (χ2n) is 4.10. The molecule has 0 fully saturated rings. The molecule has 0 aliphatic carbocycles. The first-order valence-corrected chi connectivity index (χ1v) is 5.91. The highest BCUT2D eigenvalue weighted by Gasteiger charge is 2.17. The number of aliphatic hydroxyl groups is 1. The van der Waals surface area contributed by atoms with Crippen molar-refractivity contribution in [3.63, 3.8) is 0 Å². The van der Waals surface area contributed by atoms with Gasteiger partial charge in [-0.3, -0.25) is 4.98 Å². The molecular formula is C14H14F2N2O. The summed E-state index contributed by atoms with van der Waals surface area (Å²) in [7, 11) is 0. The summed E-state index contributed by atoms with van der Waals surface area (Å²) in [5.74, 6) is -1.49. The number of aromatic nitrogens is 1. The zero-order valence-corrected chi connectivity index (χ0v) is 10.2. The van der Waals surface area contributed by atoms with Gasteiger partial charge in [0.05, 0.1) is 17.4 Å². The second kappa shape index (κ2) is 6.36. The third-order valence-corrected chi connectivity index (χ3v) is 2.70. The third kappa shape index (κ3) is 3.56. The first kappa shape index (κ1) is 13.6. The Labute approximate surface area is 109 Å². The average molecular weight is 264 g/mol. The largest absolute Gasteiger partial charge is 0.387 e. The molecule has 0 aliphatic heterocycles. The molecule has 2 aromatic rings. The molecule has 0 saturated heterocycles. The quantitative estimate of drug-likeness (QED) is 0.870. The maximum Gasteiger partial charge on any atom is 0.131 e. The standard InChI is InChI=1S/C14H14F2N2O/c15-11-5-3-6-12(16)14(11)13(19)9-17-8-10-4-1-2-7-18-10/h1-7,13,17,19H,8-9H2. The van der Waals surface area contributed by atoms with Gasteiger partial charge >= 0.3 is 0 Å². The van der Waals surface area contributed by atoms with Crippen molar-refractivity contribution in [3.8, 4) is 0 Å². The number of rotatable bonds is 5. The lowest BCUT2D eigenvalue weighted by atomic mass is 10.1. The van der Waals surface area contributed by atoms with Crippen molar-refractivity contribution in [1.29, 1.82) is 0 Å². The van der Waals surface area contributed by atoms with Crippen molar-refractivity contribution in [3.05, 3.63) is 65.5 Å². The van der Waals surface area contributed by atoms with Gasteiger partial charge in [0.1, 0.15) is 11.6 Å². The van der Waals surface area contributed by atoms with Crippen LogP contribution in [0.25, 0.3) is 0 Å². The summed E-state index contributed by atoms with van der Waals surface area (Å²) in [5, 5.41) is 12.7. The first-order valence-electron chi connectivity index (χ1n) is 5.91. The first-order chi connectivity index (χ1) is 9.18. The number of halogens is 2. The van der Waals surface area contributed by atoms with Gasteiger partial charge in [-0.15, -0.1) is 0 Å². The van der Waals surface area contributed by atoms with Gasteiger partial charge in [-0.2, -0.15) is 0 Å². The number of hydrogen-bond acceptors (Lipinski definition) is 3. The van der Waals surface area contributed by atoms with E-state index < -0.39 is 17.7 Å². The molecule has 1 aromatic heterocycles. The SMILES string of the molecule is OC(CNCc1ccccn1)c1c(F)cccc1F. The van der Waals surface area contributed by atoms with Crippen LogP contribution in [0.15, 0.2) is 42.6 Å². The number of nitrogens with zero attached hydrogens (tertiary/aromatic N) is 1. The Morgan fingerprint density at radius 3 is 2.47 bits per heavy atom. The van der Waals surface area contributed by atoms with Gasteiger partial charge in [0.15, 0.2) is 0 Å². The normalized spacial score (nSPS) is 12.4. The summed E-state index contributed by atoms with van der Waals surface area (Å²) in [6.07, 6.45) is 0.425. The number of benzene rings is 1. The molecule has 0 bridgehead atoms. The van der Waals surface area contributed by atoms with Crippen LogP contribution in [0.3, 0.4) is 0 Å². The maximum absolute atomic E-state index is 13.4. The summed E-state index contributed by atoms with van der Waals surface area (Å²) in [5.41, 5.74) is 0.486. The Morgan fingerprint density at radius 2 is 1.84 bits per heavy atom. The zero-order chi connectivity index (χ0) is 13.7. The Hall–Kier alpha value is -1.85. The Kier molecular flexibility index (Phi) is 4.54. The molecule has 100 valence electrons. The minimum atomic E-state index is -1.23. The predicted molar refractivity (Wildman–Crippen MR) is 67.3 cm³/mol. The van der Waals surface area contributed by atoms with E-state index in [9.17, 15) is 13.9 Å². The lowest BCUT2D eigenvalue weighted by Gasteiger charge is -2.13. The van der Waals surface area contributed by atoms with Crippen LogP contribution in [0.4, 0.5) is 8.78 Å². The van der Waals surface area contributed by atoms with Crippen molar-refractivity contribution in [2.45, 2.75) is 12.6 Å². The molecule has 0 saturated carbocycles. The van der Waals surface area contributed by atoms with Crippen molar-refractivity contribution in [2.75, 3.05) is 6.54 Å². The molecule has 2 rings (SSSR count). The number of aliphatic hydroxyl groups excluding tert-OH is 1. The van der Waals surface area contributed by atoms with Crippen molar-refractivity contribution >= 4 is 0 Å². The highest BCUT2D eigenvalue weighted by molar-refractivity contribution is 5.22. The fourth-order valence-corrected chi connectivity index (χ4v) is 1.77. The van der Waals surface area contributed by atoms with Crippen LogP contribution in [0.5, 0.6) is 0 Å². The smallest absolute Gasteiger partial charge is 0.131 e. The molecule has 1 aromatic carbocycles. The third-order valence-electron chi connectivity index (χ3n) is 2.70. The van der Waals surface area contributed by atoms with Crippen LogP contribution >= 0.6 is 0 Å². The molecule has 2 N–H and O–H groups in total. The predicted octanol–water partition coefficient (Wildman–Crippen LogP) is 2.18. The van der Waals surface area contributed by atoms with Crippen LogP contribution in [-0.4, -0.2) is 16.6 Å². The molecule has 1 unspecified atom stereocenters. The lowest BCUT2D eigenvalue weighted by Crippen LogP contribution is -2.22. The van der Waals surface area contributed by atoms with E-state index in [1.165, 1.54) is 6.07 Å². The molecule has 1 atom stereocenters. The van der Waals surface area contributed by atoms with Crippen molar-refractivity contribution in [2.24, 2.45) is 0 Å². The molecular weight excluding hydrogens is 250 g/mol. The van der Waals surface area contributed by atoms with E-state index in [-0.39, 0.29) is 12.1 Å². The van der Waals surface area contributed by atoms with E-state index in [1.54, 1.807) is 12.3 Å². The van der Waals surface area contributed by atoms with E-state index in [0.29, 0.717) is 6.54 Å². The Balaban J connectivity index is 1.93. The van der Waals surface area contributed by atoms with Gasteiger partial charge in [0.25, 0.3) is 0 Å². The van der Waals surface area contributed by atoms with E-state index >= 15 is 0 Å².